The van der Waals surface area contributed by atoms with Crippen LogP contribution in [0.1, 0.15) is 6.92 Å². The Bertz CT molecular complexity index is 194. The largest absolute Gasteiger partial charge is 0.512 e. The van der Waals surface area contributed by atoms with Crippen molar-refractivity contribution < 1.29 is 5.11 Å². The molecule has 0 rings (SSSR count). The van der Waals surface area contributed by atoms with E-state index in [0.717, 1.165) is 0 Å². The van der Waals surface area contributed by atoms with E-state index in [2.05, 4.69) is 6.58 Å². The molecule has 1 unspecified atom stereocenters. The maximum Gasteiger partial charge on any atom is 0.0937 e. The van der Waals surface area contributed by atoms with E-state index in [1.807, 2.05) is 0 Å². The molecule has 0 bridgehead atoms. The zero-order chi connectivity index (χ0) is 8.85. The molecular weight excluding hydrogens is 140 g/mol. The lowest BCUT2D eigenvalue weighted by Crippen LogP contribution is -2.09. The van der Waals surface area contributed by atoms with E-state index in [-0.39, 0.29) is 11.7 Å². The van der Waals surface area contributed by atoms with Gasteiger partial charge < -0.3 is 16.6 Å². The molecule has 0 saturated heterocycles. The summed E-state index contributed by atoms with van der Waals surface area (Å²) in [6.45, 7) is 5.13. The van der Waals surface area contributed by atoms with Gasteiger partial charge in [0, 0.05) is 5.70 Å². The van der Waals surface area contributed by atoms with Gasteiger partial charge in [-0.2, -0.15) is 0 Å². The van der Waals surface area contributed by atoms with Gasteiger partial charge >= 0.3 is 0 Å². The lowest BCUT2D eigenvalue weighted by molar-refractivity contribution is 0.361. The Morgan fingerprint density at radius 2 is 2.18 bits per heavy atom. The first-order valence-corrected chi connectivity index (χ1v) is 3.31. The van der Waals surface area contributed by atoms with E-state index in [9.17, 15) is 0 Å². The van der Waals surface area contributed by atoms with Gasteiger partial charge in [0.2, 0.25) is 0 Å². The number of nitrogens with two attached hydrogens (primary N) is 2. The van der Waals surface area contributed by atoms with Crippen LogP contribution in [0.3, 0.4) is 0 Å². The van der Waals surface area contributed by atoms with Crippen molar-refractivity contribution in [2.45, 2.75) is 6.92 Å². The van der Waals surface area contributed by atoms with Gasteiger partial charge in [-0.1, -0.05) is 6.58 Å². The molecule has 3 heteroatoms. The van der Waals surface area contributed by atoms with Crippen LogP contribution < -0.4 is 11.5 Å². The predicted molar refractivity (Wildman–Crippen MR) is 46.5 cm³/mol. The summed E-state index contributed by atoms with van der Waals surface area (Å²) in [7, 11) is 0. The van der Waals surface area contributed by atoms with Gasteiger partial charge in [-0.15, -0.1) is 0 Å². The molecule has 0 aromatic rings. The summed E-state index contributed by atoms with van der Waals surface area (Å²) < 4.78 is 0. The Morgan fingerprint density at radius 1 is 1.64 bits per heavy atom. The molecular formula is C8H14N2O. The van der Waals surface area contributed by atoms with Crippen LogP contribution in [0, 0.1) is 5.92 Å². The Hall–Kier alpha value is -1.38. The van der Waals surface area contributed by atoms with Crippen LogP contribution in [-0.4, -0.2) is 5.11 Å². The second kappa shape index (κ2) is 4.44. The summed E-state index contributed by atoms with van der Waals surface area (Å²) in [6.07, 6.45) is 4.61. The summed E-state index contributed by atoms with van der Waals surface area (Å²) in [5, 5.41) is 8.92. The van der Waals surface area contributed by atoms with Crippen LogP contribution in [0.15, 0.2) is 36.4 Å². The second-order valence-electron chi connectivity index (χ2n) is 2.26. The number of hydrogen-bond donors (Lipinski definition) is 3. The molecule has 62 valence electrons. The molecule has 0 aliphatic rings. The molecule has 0 radical (unpaired) electrons. The first kappa shape index (κ1) is 9.62. The van der Waals surface area contributed by atoms with Crippen molar-refractivity contribution in [1.82, 2.24) is 0 Å². The summed E-state index contributed by atoms with van der Waals surface area (Å²) >= 11 is 0. The number of aliphatic hydroxyl groups excluding tert-OH is 1. The highest BCUT2D eigenvalue weighted by atomic mass is 16.3. The fourth-order valence-electron chi connectivity index (χ4n) is 0.503. The molecule has 0 fully saturated rings. The molecule has 0 aromatic heterocycles. The summed E-state index contributed by atoms with van der Waals surface area (Å²) in [6, 6.07) is 0. The Kier molecular flexibility index (Phi) is 3.88. The van der Waals surface area contributed by atoms with Crippen molar-refractivity contribution in [3.8, 4) is 0 Å². The predicted octanol–water partition coefficient (Wildman–Crippen LogP) is 1.01. The molecule has 3 nitrogen and oxygen atoms in total. The normalized spacial score (nSPS) is 15.2. The highest BCUT2D eigenvalue weighted by Gasteiger charge is 2.05. The summed E-state index contributed by atoms with van der Waals surface area (Å²) in [5.74, 6) is -0.157. The standard InChI is InChI=1S/C8H14N2O/c1-6(7(2)11)8(10)4-3-5-9/h3-6,11H,2,9-10H2,1H3/b5-3-,8-4+. The topological polar surface area (TPSA) is 72.3 Å². The highest BCUT2D eigenvalue weighted by molar-refractivity contribution is 5.16. The van der Waals surface area contributed by atoms with Crippen LogP contribution >= 0.6 is 0 Å². The van der Waals surface area contributed by atoms with Crippen LogP contribution in [-0.2, 0) is 0 Å². The van der Waals surface area contributed by atoms with Gasteiger partial charge in [-0.05, 0) is 25.3 Å². The minimum Gasteiger partial charge on any atom is -0.512 e. The number of hydrogen-bond acceptors (Lipinski definition) is 3. The highest BCUT2D eigenvalue weighted by Crippen LogP contribution is 2.10. The van der Waals surface area contributed by atoms with Crippen LogP contribution in [0.25, 0.3) is 0 Å². The van der Waals surface area contributed by atoms with Crippen LogP contribution in [0.2, 0.25) is 0 Å². The third kappa shape index (κ3) is 3.35. The van der Waals surface area contributed by atoms with Crippen molar-refractivity contribution >= 4 is 0 Å². The monoisotopic (exact) mass is 154 g/mol. The summed E-state index contributed by atoms with van der Waals surface area (Å²) in [5.41, 5.74) is 11.2. The first-order chi connectivity index (χ1) is 5.09. The Labute approximate surface area is 66.7 Å². The fraction of sp³-hybridized carbons (Fsp3) is 0.250. The van der Waals surface area contributed by atoms with E-state index in [1.165, 1.54) is 6.20 Å². The molecule has 0 aliphatic heterocycles. The van der Waals surface area contributed by atoms with E-state index >= 15 is 0 Å². The van der Waals surface area contributed by atoms with Crippen molar-refractivity contribution in [2.75, 3.05) is 0 Å². The number of rotatable bonds is 3. The van der Waals surface area contributed by atoms with Gasteiger partial charge in [-0.25, -0.2) is 0 Å². The minimum absolute atomic E-state index is 0.0594. The molecule has 0 saturated carbocycles. The van der Waals surface area contributed by atoms with E-state index < -0.39 is 0 Å². The lowest BCUT2D eigenvalue weighted by Gasteiger charge is -2.08. The molecule has 0 amide bonds. The van der Waals surface area contributed by atoms with Gasteiger partial charge in [0.15, 0.2) is 0 Å². The molecule has 0 aromatic carbocycles. The molecule has 0 spiro atoms. The second-order valence-corrected chi connectivity index (χ2v) is 2.26. The molecule has 5 N–H and O–H groups in total. The van der Waals surface area contributed by atoms with Crippen molar-refractivity contribution in [3.05, 3.63) is 36.4 Å². The fourth-order valence-corrected chi connectivity index (χ4v) is 0.503. The van der Waals surface area contributed by atoms with E-state index in [4.69, 9.17) is 16.6 Å². The van der Waals surface area contributed by atoms with Crippen LogP contribution in [0.5, 0.6) is 0 Å². The van der Waals surface area contributed by atoms with Crippen LogP contribution in [0.4, 0.5) is 0 Å². The first-order valence-electron chi connectivity index (χ1n) is 3.31. The van der Waals surface area contributed by atoms with Gasteiger partial charge in [-0.3, -0.25) is 0 Å². The molecule has 11 heavy (non-hydrogen) atoms. The van der Waals surface area contributed by atoms with E-state index in [0.29, 0.717) is 5.70 Å². The molecule has 0 aliphatic carbocycles. The smallest absolute Gasteiger partial charge is 0.0937 e. The minimum atomic E-state index is -0.216. The molecule has 0 heterocycles. The third-order valence-electron chi connectivity index (χ3n) is 1.40. The zero-order valence-corrected chi connectivity index (χ0v) is 6.62. The summed E-state index contributed by atoms with van der Waals surface area (Å²) in [4.78, 5) is 0. The van der Waals surface area contributed by atoms with Gasteiger partial charge in [0.25, 0.3) is 0 Å². The molecule has 1 atom stereocenters. The van der Waals surface area contributed by atoms with Crippen molar-refractivity contribution in [1.29, 1.82) is 0 Å². The average molecular weight is 154 g/mol. The number of aliphatic hydroxyl groups is 1. The maximum absolute atomic E-state index is 8.92. The Morgan fingerprint density at radius 3 is 2.55 bits per heavy atom. The SMILES string of the molecule is C=C(O)C(C)/C(N)=C\C=C/N. The quantitative estimate of drug-likeness (QED) is 0.419. The third-order valence-corrected chi connectivity index (χ3v) is 1.40. The van der Waals surface area contributed by atoms with Gasteiger partial charge in [0.05, 0.1) is 11.7 Å². The van der Waals surface area contributed by atoms with Crippen molar-refractivity contribution in [3.63, 3.8) is 0 Å². The zero-order valence-electron chi connectivity index (χ0n) is 6.62. The van der Waals surface area contributed by atoms with Gasteiger partial charge in [0.1, 0.15) is 0 Å². The average Bonchev–Trinajstić information content (AvgIpc) is 1.98. The van der Waals surface area contributed by atoms with Crippen molar-refractivity contribution in [2.24, 2.45) is 17.4 Å². The number of allylic oxidation sites excluding steroid dienone is 2. The van der Waals surface area contributed by atoms with E-state index in [1.54, 1.807) is 19.1 Å². The Balaban J connectivity index is 4.22. The maximum atomic E-state index is 8.92. The lowest BCUT2D eigenvalue weighted by atomic mass is 10.1.